The first kappa shape index (κ1) is 14.7. The molecule has 0 radical (unpaired) electrons. The van der Waals surface area contributed by atoms with Crippen molar-refractivity contribution < 1.29 is 9.32 Å². The molecule has 1 atom stereocenters. The van der Waals surface area contributed by atoms with Crippen LogP contribution < -0.4 is 5.73 Å². The minimum absolute atomic E-state index is 0.0671. The van der Waals surface area contributed by atoms with Crippen molar-refractivity contribution in [1.29, 1.82) is 0 Å². The van der Waals surface area contributed by atoms with Crippen LogP contribution in [0, 0.1) is 19.3 Å². The maximum atomic E-state index is 12.2. The molecule has 0 saturated heterocycles. The predicted molar refractivity (Wildman–Crippen MR) is 69.9 cm³/mol. The Hall–Kier alpha value is -1.36. The minimum Gasteiger partial charge on any atom is -0.361 e. The highest BCUT2D eigenvalue weighted by Crippen LogP contribution is 2.20. The summed E-state index contributed by atoms with van der Waals surface area (Å²) < 4.78 is 5.08. The Kier molecular flexibility index (Phi) is 4.16. The Balaban J connectivity index is 2.78. The number of nitrogens with two attached hydrogens (primary N) is 1. The minimum atomic E-state index is -0.511. The average molecular weight is 253 g/mol. The van der Waals surface area contributed by atoms with E-state index < -0.39 is 6.04 Å². The van der Waals surface area contributed by atoms with Crippen LogP contribution in [0.3, 0.4) is 0 Å². The molecule has 18 heavy (non-hydrogen) atoms. The molecule has 0 unspecified atom stereocenters. The van der Waals surface area contributed by atoms with Crippen LogP contribution in [-0.2, 0) is 11.3 Å². The number of carbonyl (C=O) groups is 1. The summed E-state index contributed by atoms with van der Waals surface area (Å²) in [5, 5.41) is 3.88. The molecule has 0 bridgehead atoms. The van der Waals surface area contributed by atoms with E-state index in [1.165, 1.54) is 0 Å². The van der Waals surface area contributed by atoms with Crippen molar-refractivity contribution in [3.05, 3.63) is 17.0 Å². The van der Waals surface area contributed by atoms with Gasteiger partial charge in [-0.2, -0.15) is 0 Å². The smallest absolute Gasteiger partial charge is 0.240 e. The van der Waals surface area contributed by atoms with Crippen molar-refractivity contribution in [2.75, 3.05) is 7.05 Å². The van der Waals surface area contributed by atoms with Gasteiger partial charge < -0.3 is 15.2 Å². The van der Waals surface area contributed by atoms with Crippen molar-refractivity contribution in [1.82, 2.24) is 10.1 Å². The van der Waals surface area contributed by atoms with E-state index in [0.717, 1.165) is 17.0 Å². The molecule has 1 aromatic rings. The van der Waals surface area contributed by atoms with Gasteiger partial charge in [0.2, 0.25) is 5.91 Å². The maximum Gasteiger partial charge on any atom is 0.240 e. The van der Waals surface area contributed by atoms with Crippen LogP contribution in [-0.4, -0.2) is 29.1 Å². The van der Waals surface area contributed by atoms with Gasteiger partial charge in [-0.05, 0) is 19.3 Å². The number of rotatable bonds is 3. The lowest BCUT2D eigenvalue weighted by Crippen LogP contribution is -2.49. The van der Waals surface area contributed by atoms with Gasteiger partial charge in [-0.25, -0.2) is 0 Å². The fourth-order valence-corrected chi connectivity index (χ4v) is 1.65. The van der Waals surface area contributed by atoms with E-state index in [2.05, 4.69) is 5.16 Å². The molecule has 0 fully saturated rings. The van der Waals surface area contributed by atoms with E-state index in [1.54, 1.807) is 11.9 Å². The van der Waals surface area contributed by atoms with Gasteiger partial charge in [0.15, 0.2) is 0 Å². The molecular formula is C13H23N3O2. The highest BCUT2D eigenvalue weighted by molar-refractivity contribution is 5.82. The van der Waals surface area contributed by atoms with Crippen LogP contribution in [0.2, 0.25) is 0 Å². The average Bonchev–Trinajstić information content (AvgIpc) is 2.57. The summed E-state index contributed by atoms with van der Waals surface area (Å²) in [5.41, 5.74) is 7.49. The number of carbonyl (C=O) groups excluding carboxylic acids is 1. The van der Waals surface area contributed by atoms with Crippen LogP contribution in [0.1, 0.15) is 37.8 Å². The highest BCUT2D eigenvalue weighted by Gasteiger charge is 2.30. The second kappa shape index (κ2) is 5.10. The van der Waals surface area contributed by atoms with Crippen LogP contribution >= 0.6 is 0 Å². The molecule has 5 heteroatoms. The van der Waals surface area contributed by atoms with Gasteiger partial charge in [0.25, 0.3) is 0 Å². The van der Waals surface area contributed by atoms with Gasteiger partial charge in [-0.15, -0.1) is 0 Å². The molecule has 102 valence electrons. The zero-order valence-corrected chi connectivity index (χ0v) is 12.1. The number of hydrogen-bond donors (Lipinski definition) is 1. The molecule has 0 aliphatic heterocycles. The molecule has 2 N–H and O–H groups in total. The van der Waals surface area contributed by atoms with E-state index in [1.807, 2.05) is 34.6 Å². The summed E-state index contributed by atoms with van der Waals surface area (Å²) in [6.45, 7) is 10.1. The van der Waals surface area contributed by atoms with Crippen molar-refractivity contribution in [3.63, 3.8) is 0 Å². The summed E-state index contributed by atoms with van der Waals surface area (Å²) in [4.78, 5) is 13.8. The molecule has 1 aromatic heterocycles. The zero-order chi connectivity index (χ0) is 14.1. The predicted octanol–water partition coefficient (Wildman–Crippen LogP) is 1.62. The van der Waals surface area contributed by atoms with Gasteiger partial charge >= 0.3 is 0 Å². The number of nitrogens with zero attached hydrogens (tertiary/aromatic N) is 2. The van der Waals surface area contributed by atoms with Crippen molar-refractivity contribution >= 4 is 5.91 Å². The fourth-order valence-electron chi connectivity index (χ4n) is 1.65. The molecule has 1 rings (SSSR count). The lowest BCUT2D eigenvalue weighted by molar-refractivity contribution is -0.134. The molecule has 0 spiro atoms. The number of likely N-dealkylation sites (N-methyl/N-ethyl adjacent to an activating group) is 1. The van der Waals surface area contributed by atoms with Crippen molar-refractivity contribution in [2.45, 2.75) is 47.2 Å². The fraction of sp³-hybridized carbons (Fsp3) is 0.692. The number of aromatic nitrogens is 1. The molecule has 1 heterocycles. The first-order valence-corrected chi connectivity index (χ1v) is 6.07. The summed E-state index contributed by atoms with van der Waals surface area (Å²) in [6, 6.07) is -0.511. The van der Waals surface area contributed by atoms with E-state index in [4.69, 9.17) is 10.3 Å². The van der Waals surface area contributed by atoms with Gasteiger partial charge in [-0.3, -0.25) is 4.79 Å². The number of amides is 1. The zero-order valence-electron chi connectivity index (χ0n) is 12.1. The molecule has 0 aliphatic carbocycles. The summed E-state index contributed by atoms with van der Waals surface area (Å²) >= 11 is 0. The first-order chi connectivity index (χ1) is 8.14. The van der Waals surface area contributed by atoms with Crippen LogP contribution in [0.5, 0.6) is 0 Å². The second-order valence-electron chi connectivity index (χ2n) is 5.84. The second-order valence-corrected chi connectivity index (χ2v) is 5.84. The Labute approximate surface area is 108 Å². The quantitative estimate of drug-likeness (QED) is 0.888. The molecule has 0 aromatic carbocycles. The van der Waals surface area contributed by atoms with E-state index in [9.17, 15) is 4.79 Å². The van der Waals surface area contributed by atoms with Crippen molar-refractivity contribution in [2.24, 2.45) is 11.1 Å². The third kappa shape index (κ3) is 3.10. The third-order valence-corrected chi connectivity index (χ3v) is 3.15. The van der Waals surface area contributed by atoms with E-state index in [-0.39, 0.29) is 11.3 Å². The standard InChI is InChI=1S/C13H23N3O2/c1-8-10(9(2)18-15-8)7-16(6)12(17)11(14)13(3,4)5/h11H,7,14H2,1-6H3/t11-/m0/s1. The third-order valence-electron chi connectivity index (χ3n) is 3.15. The SMILES string of the molecule is Cc1noc(C)c1CN(C)C(=O)[C@H](N)C(C)(C)C. The molecule has 5 nitrogen and oxygen atoms in total. The van der Waals surface area contributed by atoms with Gasteiger partial charge in [-0.1, -0.05) is 25.9 Å². The Morgan fingerprint density at radius 2 is 2.00 bits per heavy atom. The Bertz CT molecular complexity index is 412. The number of aryl methyl sites for hydroxylation is 2. The van der Waals surface area contributed by atoms with Crippen LogP contribution in [0.25, 0.3) is 0 Å². The normalized spacial score (nSPS) is 13.5. The van der Waals surface area contributed by atoms with Crippen LogP contribution in [0.15, 0.2) is 4.52 Å². The Morgan fingerprint density at radius 3 is 2.39 bits per heavy atom. The molecule has 0 saturated carbocycles. The van der Waals surface area contributed by atoms with Gasteiger partial charge in [0, 0.05) is 12.6 Å². The number of hydrogen-bond acceptors (Lipinski definition) is 4. The highest BCUT2D eigenvalue weighted by atomic mass is 16.5. The molecule has 1 amide bonds. The maximum absolute atomic E-state index is 12.2. The monoisotopic (exact) mass is 253 g/mol. The largest absolute Gasteiger partial charge is 0.361 e. The Morgan fingerprint density at radius 1 is 1.44 bits per heavy atom. The molecule has 0 aliphatic rings. The summed E-state index contributed by atoms with van der Waals surface area (Å²) in [6.07, 6.45) is 0. The summed E-state index contributed by atoms with van der Waals surface area (Å²) in [5.74, 6) is 0.680. The summed E-state index contributed by atoms with van der Waals surface area (Å²) in [7, 11) is 1.75. The first-order valence-electron chi connectivity index (χ1n) is 6.07. The van der Waals surface area contributed by atoms with Crippen molar-refractivity contribution in [3.8, 4) is 0 Å². The lowest BCUT2D eigenvalue weighted by atomic mass is 9.86. The lowest BCUT2D eigenvalue weighted by Gasteiger charge is -2.30. The van der Waals surface area contributed by atoms with Crippen LogP contribution in [0.4, 0.5) is 0 Å². The van der Waals surface area contributed by atoms with E-state index >= 15 is 0 Å². The topological polar surface area (TPSA) is 72.4 Å². The van der Waals surface area contributed by atoms with Gasteiger partial charge in [0.1, 0.15) is 5.76 Å². The van der Waals surface area contributed by atoms with E-state index in [0.29, 0.717) is 6.54 Å². The molecular weight excluding hydrogens is 230 g/mol. The van der Waals surface area contributed by atoms with Gasteiger partial charge in [0.05, 0.1) is 18.3 Å².